The van der Waals surface area contributed by atoms with Crippen molar-refractivity contribution < 1.29 is 9.90 Å². The maximum absolute atomic E-state index is 10.2. The standard InChI is InChI=1S/C8H12N2O2S/c9-6(1-2-8(11)12)3-7-4-10-5-13-7/h4-6H,1-3,9H2,(H,11,12). The van der Waals surface area contributed by atoms with Crippen molar-refractivity contribution in [1.82, 2.24) is 4.98 Å². The first-order chi connectivity index (χ1) is 6.18. The molecule has 1 aromatic heterocycles. The monoisotopic (exact) mass is 200 g/mol. The molecule has 0 aromatic carbocycles. The summed E-state index contributed by atoms with van der Waals surface area (Å²) in [6.45, 7) is 0. The Morgan fingerprint density at radius 1 is 1.77 bits per heavy atom. The highest BCUT2D eigenvalue weighted by molar-refractivity contribution is 7.09. The number of nitrogens with two attached hydrogens (primary N) is 1. The minimum absolute atomic E-state index is 0.0726. The van der Waals surface area contributed by atoms with Crippen LogP contribution < -0.4 is 5.73 Å². The summed E-state index contributed by atoms with van der Waals surface area (Å²) < 4.78 is 0. The van der Waals surface area contributed by atoms with Gasteiger partial charge in [-0.3, -0.25) is 9.78 Å². The van der Waals surface area contributed by atoms with Crippen LogP contribution in [0.4, 0.5) is 0 Å². The average Bonchev–Trinajstić information content (AvgIpc) is 2.53. The Labute approximate surface area is 80.4 Å². The second-order valence-electron chi connectivity index (χ2n) is 2.86. The summed E-state index contributed by atoms with van der Waals surface area (Å²) in [6, 6.07) is -0.0726. The van der Waals surface area contributed by atoms with E-state index >= 15 is 0 Å². The first-order valence-corrected chi connectivity index (χ1v) is 4.91. The van der Waals surface area contributed by atoms with Crippen LogP contribution in [0.3, 0.4) is 0 Å². The van der Waals surface area contributed by atoms with E-state index in [4.69, 9.17) is 10.8 Å². The van der Waals surface area contributed by atoms with Crippen molar-refractivity contribution in [2.75, 3.05) is 0 Å². The summed E-state index contributed by atoms with van der Waals surface area (Å²) in [5.74, 6) is -0.792. The van der Waals surface area contributed by atoms with Crippen molar-refractivity contribution in [3.63, 3.8) is 0 Å². The Hall–Kier alpha value is -0.940. The van der Waals surface area contributed by atoms with Gasteiger partial charge in [0.25, 0.3) is 0 Å². The Balaban J connectivity index is 2.25. The molecule has 0 amide bonds. The molecule has 5 heteroatoms. The maximum Gasteiger partial charge on any atom is 0.303 e. The van der Waals surface area contributed by atoms with E-state index < -0.39 is 5.97 Å². The SMILES string of the molecule is NC(CCC(=O)O)Cc1cncs1. The topological polar surface area (TPSA) is 76.2 Å². The number of aromatic nitrogens is 1. The van der Waals surface area contributed by atoms with Crippen molar-refractivity contribution in [2.24, 2.45) is 5.73 Å². The van der Waals surface area contributed by atoms with Crippen LogP contribution in [0.5, 0.6) is 0 Å². The van der Waals surface area contributed by atoms with E-state index in [1.54, 1.807) is 23.0 Å². The van der Waals surface area contributed by atoms with Crippen molar-refractivity contribution >= 4 is 17.3 Å². The van der Waals surface area contributed by atoms with E-state index in [-0.39, 0.29) is 12.5 Å². The van der Waals surface area contributed by atoms with Crippen molar-refractivity contribution in [3.8, 4) is 0 Å². The second-order valence-corrected chi connectivity index (χ2v) is 3.84. The normalized spacial score (nSPS) is 12.7. The Bertz CT molecular complexity index is 261. The highest BCUT2D eigenvalue weighted by atomic mass is 32.1. The van der Waals surface area contributed by atoms with Gasteiger partial charge in [-0.15, -0.1) is 11.3 Å². The molecule has 1 unspecified atom stereocenters. The predicted octanol–water partition coefficient (Wildman–Crippen LogP) is 0.878. The van der Waals surface area contributed by atoms with Crippen LogP contribution in [-0.4, -0.2) is 22.1 Å². The highest BCUT2D eigenvalue weighted by Crippen LogP contribution is 2.09. The molecule has 0 bridgehead atoms. The van der Waals surface area contributed by atoms with Crippen LogP contribution in [0.15, 0.2) is 11.7 Å². The summed E-state index contributed by atoms with van der Waals surface area (Å²) in [4.78, 5) is 15.3. The molecule has 13 heavy (non-hydrogen) atoms. The molecule has 1 atom stereocenters. The summed E-state index contributed by atoms with van der Waals surface area (Å²) in [5.41, 5.74) is 7.48. The van der Waals surface area contributed by atoms with E-state index in [1.165, 1.54) is 0 Å². The second kappa shape index (κ2) is 4.94. The number of carboxylic acids is 1. The number of thiazole rings is 1. The number of carbonyl (C=O) groups is 1. The zero-order valence-corrected chi connectivity index (χ0v) is 7.96. The van der Waals surface area contributed by atoms with E-state index in [0.29, 0.717) is 6.42 Å². The van der Waals surface area contributed by atoms with Gasteiger partial charge in [-0.2, -0.15) is 0 Å². The first-order valence-electron chi connectivity index (χ1n) is 4.03. The predicted molar refractivity (Wildman–Crippen MR) is 50.7 cm³/mol. The van der Waals surface area contributed by atoms with Crippen LogP contribution in [-0.2, 0) is 11.2 Å². The third-order valence-electron chi connectivity index (χ3n) is 1.68. The van der Waals surface area contributed by atoms with E-state index in [9.17, 15) is 4.79 Å². The van der Waals surface area contributed by atoms with E-state index in [2.05, 4.69) is 4.98 Å². The molecule has 0 radical (unpaired) electrons. The Morgan fingerprint density at radius 3 is 3.08 bits per heavy atom. The van der Waals surface area contributed by atoms with Crippen LogP contribution in [0.2, 0.25) is 0 Å². The van der Waals surface area contributed by atoms with Crippen LogP contribution in [0.1, 0.15) is 17.7 Å². The Kier molecular flexibility index (Phi) is 3.85. The summed E-state index contributed by atoms with van der Waals surface area (Å²) >= 11 is 1.55. The van der Waals surface area contributed by atoms with Gasteiger partial charge in [0.1, 0.15) is 0 Å². The zero-order chi connectivity index (χ0) is 9.68. The van der Waals surface area contributed by atoms with Crippen LogP contribution in [0.25, 0.3) is 0 Å². The fourth-order valence-electron chi connectivity index (χ4n) is 1.01. The van der Waals surface area contributed by atoms with E-state index in [1.807, 2.05) is 0 Å². The average molecular weight is 200 g/mol. The summed E-state index contributed by atoms with van der Waals surface area (Å²) in [5, 5.41) is 8.42. The lowest BCUT2D eigenvalue weighted by Crippen LogP contribution is -2.23. The van der Waals surface area contributed by atoms with Gasteiger partial charge in [-0.25, -0.2) is 0 Å². The molecule has 1 rings (SSSR count). The number of carboxylic acid groups (broad SMARTS) is 1. The van der Waals surface area contributed by atoms with Crippen molar-refractivity contribution in [2.45, 2.75) is 25.3 Å². The molecular formula is C8H12N2O2S. The van der Waals surface area contributed by atoms with Gasteiger partial charge in [0.2, 0.25) is 0 Å². The third-order valence-corrected chi connectivity index (χ3v) is 2.48. The van der Waals surface area contributed by atoms with Gasteiger partial charge >= 0.3 is 5.97 Å². The fourth-order valence-corrected chi connectivity index (χ4v) is 1.70. The van der Waals surface area contributed by atoms with Gasteiger partial charge in [0, 0.05) is 23.5 Å². The molecule has 72 valence electrons. The number of aliphatic carboxylic acids is 1. The number of hydrogen-bond acceptors (Lipinski definition) is 4. The number of rotatable bonds is 5. The lowest BCUT2D eigenvalue weighted by atomic mass is 10.1. The lowest BCUT2D eigenvalue weighted by molar-refractivity contribution is -0.137. The molecule has 1 aromatic rings. The third kappa shape index (κ3) is 4.00. The van der Waals surface area contributed by atoms with Crippen molar-refractivity contribution in [3.05, 3.63) is 16.6 Å². The van der Waals surface area contributed by atoms with Crippen LogP contribution in [0, 0.1) is 0 Å². The summed E-state index contributed by atoms with van der Waals surface area (Å²) in [6.07, 6.45) is 3.15. The highest BCUT2D eigenvalue weighted by Gasteiger charge is 2.07. The lowest BCUT2D eigenvalue weighted by Gasteiger charge is -2.07. The molecule has 0 aliphatic heterocycles. The molecule has 0 fully saturated rings. The minimum atomic E-state index is -0.792. The quantitative estimate of drug-likeness (QED) is 0.739. The molecular weight excluding hydrogens is 188 g/mol. The molecule has 0 spiro atoms. The molecule has 3 N–H and O–H groups in total. The van der Waals surface area contributed by atoms with Gasteiger partial charge in [-0.05, 0) is 12.8 Å². The van der Waals surface area contributed by atoms with Crippen LogP contribution >= 0.6 is 11.3 Å². The van der Waals surface area contributed by atoms with Gasteiger partial charge < -0.3 is 10.8 Å². The largest absolute Gasteiger partial charge is 0.481 e. The summed E-state index contributed by atoms with van der Waals surface area (Å²) in [7, 11) is 0. The molecule has 4 nitrogen and oxygen atoms in total. The van der Waals surface area contributed by atoms with Gasteiger partial charge in [0.15, 0.2) is 0 Å². The fraction of sp³-hybridized carbons (Fsp3) is 0.500. The zero-order valence-electron chi connectivity index (χ0n) is 7.14. The number of nitrogens with zero attached hydrogens (tertiary/aromatic N) is 1. The molecule has 0 saturated carbocycles. The number of hydrogen-bond donors (Lipinski definition) is 2. The molecule has 1 heterocycles. The smallest absolute Gasteiger partial charge is 0.303 e. The van der Waals surface area contributed by atoms with Crippen molar-refractivity contribution in [1.29, 1.82) is 0 Å². The molecule has 0 aliphatic carbocycles. The van der Waals surface area contributed by atoms with E-state index in [0.717, 1.165) is 11.3 Å². The maximum atomic E-state index is 10.2. The Morgan fingerprint density at radius 2 is 2.54 bits per heavy atom. The minimum Gasteiger partial charge on any atom is -0.481 e. The van der Waals surface area contributed by atoms with Gasteiger partial charge in [-0.1, -0.05) is 0 Å². The first kappa shape index (κ1) is 10.1. The molecule has 0 aliphatic rings. The van der Waals surface area contributed by atoms with Gasteiger partial charge in [0.05, 0.1) is 5.51 Å². The molecule has 0 saturated heterocycles.